The second kappa shape index (κ2) is 5.61. The molecule has 0 aromatic heterocycles. The number of rotatable bonds is 5. The normalized spacial score (nSPS) is 16.6. The zero-order valence-corrected chi connectivity index (χ0v) is 10.7. The molecule has 1 unspecified atom stereocenters. The van der Waals surface area contributed by atoms with E-state index in [2.05, 4.69) is 4.74 Å². The van der Waals surface area contributed by atoms with Crippen LogP contribution < -0.4 is 0 Å². The van der Waals surface area contributed by atoms with E-state index in [4.69, 9.17) is 0 Å². The van der Waals surface area contributed by atoms with Crippen LogP contribution in [0.4, 0.5) is 39.5 Å². The van der Waals surface area contributed by atoms with Gasteiger partial charge in [-0.15, -0.1) is 0 Å². The Kier molecular flexibility index (Phi) is 5.42. The van der Waals surface area contributed by atoms with Gasteiger partial charge in [0.05, 0.1) is 6.10 Å². The van der Waals surface area contributed by atoms with Gasteiger partial charge in [-0.3, -0.25) is 0 Å². The van der Waals surface area contributed by atoms with Crippen LogP contribution in [0, 0.1) is 5.92 Å². The topological polar surface area (TPSA) is 9.23 Å². The van der Waals surface area contributed by atoms with Gasteiger partial charge >= 0.3 is 24.1 Å². The van der Waals surface area contributed by atoms with Crippen LogP contribution in [0.1, 0.15) is 27.2 Å². The Morgan fingerprint density at radius 3 is 1.35 bits per heavy atom. The monoisotopic (exact) mass is 320 g/mol. The minimum atomic E-state index is -6.87. The molecule has 0 saturated heterocycles. The Hall–Kier alpha value is -0.670. The number of alkyl halides is 9. The molecule has 0 fully saturated rings. The third kappa shape index (κ3) is 3.32. The van der Waals surface area contributed by atoms with Crippen LogP contribution in [0.2, 0.25) is 0 Å². The fourth-order valence-electron chi connectivity index (χ4n) is 1.45. The SMILES string of the molecule is CCC(OC(F)(F)C(F)(C(F)(F)F)C(F)(F)F)C(C)C. The van der Waals surface area contributed by atoms with Crippen molar-refractivity contribution in [1.82, 2.24) is 0 Å². The summed E-state index contributed by atoms with van der Waals surface area (Å²) in [6.07, 6.45) is -21.8. The Morgan fingerprint density at radius 1 is 0.800 bits per heavy atom. The summed E-state index contributed by atoms with van der Waals surface area (Å²) in [6, 6.07) is 0. The van der Waals surface area contributed by atoms with Crippen LogP contribution in [0.3, 0.4) is 0 Å². The van der Waals surface area contributed by atoms with Crippen molar-refractivity contribution >= 4 is 0 Å². The highest BCUT2D eigenvalue weighted by atomic mass is 19.4. The molecule has 122 valence electrons. The molecule has 0 aliphatic heterocycles. The van der Waals surface area contributed by atoms with E-state index in [-0.39, 0.29) is 6.42 Å². The first kappa shape index (κ1) is 19.3. The summed E-state index contributed by atoms with van der Waals surface area (Å²) in [5, 5.41) is 0. The summed E-state index contributed by atoms with van der Waals surface area (Å²) >= 11 is 0. The fraction of sp³-hybridized carbons (Fsp3) is 1.00. The standard InChI is InChI=1S/C10H13F9O/c1-4-6(5(2)3)20-10(18,19)7(11,8(12,13)14)9(15,16)17/h5-6H,4H2,1-3H3. The van der Waals surface area contributed by atoms with Gasteiger partial charge in [-0.05, 0) is 12.3 Å². The molecule has 0 aromatic carbocycles. The quantitative estimate of drug-likeness (QED) is 0.657. The molecule has 0 radical (unpaired) electrons. The largest absolute Gasteiger partial charge is 0.440 e. The average molecular weight is 320 g/mol. The van der Waals surface area contributed by atoms with E-state index in [0.29, 0.717) is 0 Å². The summed E-state index contributed by atoms with van der Waals surface area (Å²) in [5.41, 5.74) is -6.77. The molecule has 0 spiro atoms. The van der Waals surface area contributed by atoms with Crippen molar-refractivity contribution < 1.29 is 44.3 Å². The van der Waals surface area contributed by atoms with Gasteiger partial charge in [-0.2, -0.15) is 35.1 Å². The van der Waals surface area contributed by atoms with Gasteiger partial charge in [0.15, 0.2) is 0 Å². The molecule has 1 atom stereocenters. The molecule has 0 N–H and O–H groups in total. The first-order chi connectivity index (χ1) is 8.62. The number of ether oxygens (including phenoxy) is 1. The Bertz CT molecular complexity index is 304. The van der Waals surface area contributed by atoms with Gasteiger partial charge in [0, 0.05) is 0 Å². The summed E-state index contributed by atoms with van der Waals surface area (Å²) in [6.45, 7) is 3.69. The molecule has 0 rings (SSSR count). The highest BCUT2D eigenvalue weighted by Gasteiger charge is 2.85. The maximum atomic E-state index is 13.2. The van der Waals surface area contributed by atoms with Gasteiger partial charge in [-0.25, -0.2) is 4.39 Å². The molecule has 0 amide bonds. The second-order valence-electron chi connectivity index (χ2n) is 4.48. The van der Waals surface area contributed by atoms with Gasteiger partial charge < -0.3 is 4.74 Å². The molecule has 20 heavy (non-hydrogen) atoms. The summed E-state index contributed by atoms with van der Waals surface area (Å²) < 4.78 is 116. The van der Waals surface area contributed by atoms with Crippen LogP contribution in [0.25, 0.3) is 0 Å². The van der Waals surface area contributed by atoms with Crippen molar-refractivity contribution in [3.05, 3.63) is 0 Å². The highest BCUT2D eigenvalue weighted by Crippen LogP contribution is 2.55. The van der Waals surface area contributed by atoms with Crippen molar-refractivity contribution in [2.45, 2.75) is 57.4 Å². The first-order valence-corrected chi connectivity index (χ1v) is 5.49. The lowest BCUT2D eigenvalue weighted by atomic mass is 10.0. The average Bonchev–Trinajstić information content (AvgIpc) is 2.20. The van der Waals surface area contributed by atoms with Crippen LogP contribution in [0.5, 0.6) is 0 Å². The lowest BCUT2D eigenvalue weighted by molar-refractivity contribution is -0.456. The van der Waals surface area contributed by atoms with Crippen molar-refractivity contribution in [2.24, 2.45) is 5.92 Å². The molecule has 0 bridgehead atoms. The van der Waals surface area contributed by atoms with E-state index >= 15 is 0 Å². The van der Waals surface area contributed by atoms with E-state index in [1.54, 1.807) is 0 Å². The predicted octanol–water partition coefficient (Wildman–Crippen LogP) is 4.86. The minimum absolute atomic E-state index is 0.306. The van der Waals surface area contributed by atoms with Crippen LogP contribution in [-0.2, 0) is 4.74 Å². The number of hydrogen-bond acceptors (Lipinski definition) is 1. The van der Waals surface area contributed by atoms with Crippen LogP contribution >= 0.6 is 0 Å². The number of halogens is 9. The molecule has 10 heteroatoms. The third-order valence-electron chi connectivity index (χ3n) is 2.63. The fourth-order valence-corrected chi connectivity index (χ4v) is 1.45. The zero-order chi connectivity index (χ0) is 16.6. The molecule has 0 aliphatic rings. The molecule has 1 nitrogen and oxygen atoms in total. The molecule has 0 saturated carbocycles. The molecule has 0 heterocycles. The maximum Gasteiger partial charge on any atom is 0.440 e. The molecule has 0 aromatic rings. The Labute approximate surface area is 109 Å². The van der Waals surface area contributed by atoms with E-state index in [1.165, 1.54) is 20.8 Å². The summed E-state index contributed by atoms with van der Waals surface area (Å²) in [5.74, 6) is -0.823. The van der Waals surface area contributed by atoms with Crippen molar-refractivity contribution in [3.63, 3.8) is 0 Å². The third-order valence-corrected chi connectivity index (χ3v) is 2.63. The minimum Gasteiger partial charge on any atom is -0.314 e. The Morgan fingerprint density at radius 2 is 1.15 bits per heavy atom. The smallest absolute Gasteiger partial charge is 0.314 e. The van der Waals surface area contributed by atoms with Gasteiger partial charge in [0.1, 0.15) is 0 Å². The first-order valence-electron chi connectivity index (χ1n) is 5.49. The molecular weight excluding hydrogens is 307 g/mol. The van der Waals surface area contributed by atoms with Gasteiger partial charge in [0.2, 0.25) is 0 Å². The van der Waals surface area contributed by atoms with Crippen LogP contribution in [0.15, 0.2) is 0 Å². The molecule has 0 aliphatic carbocycles. The number of hydrogen-bond donors (Lipinski definition) is 0. The van der Waals surface area contributed by atoms with Crippen molar-refractivity contribution in [2.75, 3.05) is 0 Å². The van der Waals surface area contributed by atoms with Gasteiger partial charge in [0.25, 0.3) is 0 Å². The maximum absolute atomic E-state index is 13.2. The summed E-state index contributed by atoms with van der Waals surface area (Å²) in [4.78, 5) is 0. The van der Waals surface area contributed by atoms with E-state index in [9.17, 15) is 39.5 Å². The summed E-state index contributed by atoms with van der Waals surface area (Å²) in [7, 11) is 0. The Balaban J connectivity index is 5.70. The van der Waals surface area contributed by atoms with Gasteiger partial charge in [-0.1, -0.05) is 20.8 Å². The van der Waals surface area contributed by atoms with Crippen molar-refractivity contribution in [3.8, 4) is 0 Å². The van der Waals surface area contributed by atoms with E-state index in [1.807, 2.05) is 0 Å². The zero-order valence-electron chi connectivity index (χ0n) is 10.7. The van der Waals surface area contributed by atoms with Crippen molar-refractivity contribution in [1.29, 1.82) is 0 Å². The van der Waals surface area contributed by atoms with E-state index in [0.717, 1.165) is 0 Å². The highest BCUT2D eigenvalue weighted by molar-refractivity contribution is 5.01. The molecular formula is C10H13F9O. The lowest BCUT2D eigenvalue weighted by Gasteiger charge is -2.37. The lowest BCUT2D eigenvalue weighted by Crippen LogP contribution is -2.66. The van der Waals surface area contributed by atoms with E-state index < -0.39 is 36.2 Å². The second-order valence-corrected chi connectivity index (χ2v) is 4.48. The predicted molar refractivity (Wildman–Crippen MR) is 50.9 cm³/mol. The van der Waals surface area contributed by atoms with Crippen LogP contribution in [-0.4, -0.2) is 30.2 Å².